The number of hydrogen-bond acceptors (Lipinski definition) is 6. The molecule has 0 fully saturated rings. The standard InChI is InChI=1S/C23H20ClN3O5/c1-30-16-8-9-20(17(11-16)23(25)29)32-13-22(28)27-19(21-3-2-10-31-21)12-18(26-27)14-4-6-15(24)7-5-14/h2-11,19H,12-13H2,1H3,(H2,25,29). The van der Waals surface area contributed by atoms with Crippen LogP contribution >= 0.6 is 11.6 Å². The van der Waals surface area contributed by atoms with Gasteiger partial charge in [-0.05, 0) is 48.0 Å². The van der Waals surface area contributed by atoms with Gasteiger partial charge in [-0.1, -0.05) is 23.7 Å². The zero-order chi connectivity index (χ0) is 22.7. The molecule has 0 saturated heterocycles. The Morgan fingerprint density at radius 1 is 1.22 bits per heavy atom. The summed E-state index contributed by atoms with van der Waals surface area (Å²) in [5, 5.41) is 6.48. The maximum absolute atomic E-state index is 13.0. The first-order chi connectivity index (χ1) is 15.5. The van der Waals surface area contributed by atoms with Crippen LogP contribution in [0.25, 0.3) is 0 Å². The molecule has 2 heterocycles. The van der Waals surface area contributed by atoms with Crippen molar-refractivity contribution in [2.45, 2.75) is 12.5 Å². The minimum Gasteiger partial charge on any atom is -0.497 e. The predicted molar refractivity (Wildman–Crippen MR) is 118 cm³/mol. The van der Waals surface area contributed by atoms with Crippen LogP contribution < -0.4 is 15.2 Å². The van der Waals surface area contributed by atoms with Crippen molar-refractivity contribution in [3.8, 4) is 11.5 Å². The number of nitrogens with zero attached hydrogens (tertiary/aromatic N) is 2. The molecule has 1 atom stereocenters. The molecule has 1 aliphatic rings. The van der Waals surface area contributed by atoms with E-state index >= 15 is 0 Å². The maximum Gasteiger partial charge on any atom is 0.281 e. The Balaban J connectivity index is 1.56. The van der Waals surface area contributed by atoms with Crippen molar-refractivity contribution in [2.75, 3.05) is 13.7 Å². The number of amides is 2. The molecule has 3 aromatic rings. The van der Waals surface area contributed by atoms with Gasteiger partial charge in [0.05, 0.1) is 24.6 Å². The third-order valence-corrected chi connectivity index (χ3v) is 5.27. The van der Waals surface area contributed by atoms with E-state index in [0.717, 1.165) is 11.3 Å². The van der Waals surface area contributed by atoms with Crippen molar-refractivity contribution < 1.29 is 23.5 Å². The lowest BCUT2D eigenvalue weighted by atomic mass is 10.0. The zero-order valence-corrected chi connectivity index (χ0v) is 17.9. The van der Waals surface area contributed by atoms with E-state index in [2.05, 4.69) is 5.10 Å². The highest BCUT2D eigenvalue weighted by atomic mass is 35.5. The number of furan rings is 1. The second-order valence-corrected chi connectivity index (χ2v) is 7.48. The smallest absolute Gasteiger partial charge is 0.281 e. The van der Waals surface area contributed by atoms with Gasteiger partial charge in [0.25, 0.3) is 11.8 Å². The number of nitrogens with two attached hydrogens (primary N) is 1. The number of halogens is 1. The van der Waals surface area contributed by atoms with Gasteiger partial charge in [0.1, 0.15) is 23.3 Å². The predicted octanol–water partition coefficient (Wildman–Crippen LogP) is 3.80. The van der Waals surface area contributed by atoms with E-state index in [-0.39, 0.29) is 17.9 Å². The summed E-state index contributed by atoms with van der Waals surface area (Å²) in [6, 6.07) is 15.0. The molecule has 1 unspecified atom stereocenters. The molecule has 0 saturated carbocycles. The molecule has 1 aromatic heterocycles. The first-order valence-corrected chi connectivity index (χ1v) is 10.1. The normalized spacial score (nSPS) is 15.4. The molecule has 2 N–H and O–H groups in total. The van der Waals surface area contributed by atoms with Gasteiger partial charge in [-0.3, -0.25) is 9.59 Å². The number of hydrogen-bond donors (Lipinski definition) is 1. The zero-order valence-electron chi connectivity index (χ0n) is 17.2. The van der Waals surface area contributed by atoms with Gasteiger partial charge in [0.15, 0.2) is 6.61 Å². The Labute approximate surface area is 189 Å². The summed E-state index contributed by atoms with van der Waals surface area (Å²) in [6.45, 7) is -0.346. The largest absolute Gasteiger partial charge is 0.497 e. The quantitative estimate of drug-likeness (QED) is 0.585. The molecule has 9 heteroatoms. The third kappa shape index (κ3) is 4.45. The number of benzene rings is 2. The second kappa shape index (κ2) is 9.15. The van der Waals surface area contributed by atoms with Crippen molar-refractivity contribution in [3.63, 3.8) is 0 Å². The number of carbonyl (C=O) groups excluding carboxylic acids is 2. The van der Waals surface area contributed by atoms with Crippen LogP contribution in [0.3, 0.4) is 0 Å². The van der Waals surface area contributed by atoms with Crippen LogP contribution in [-0.4, -0.2) is 36.3 Å². The van der Waals surface area contributed by atoms with Crippen molar-refractivity contribution in [2.24, 2.45) is 10.8 Å². The van der Waals surface area contributed by atoms with Gasteiger partial charge in [-0.15, -0.1) is 0 Å². The fourth-order valence-corrected chi connectivity index (χ4v) is 3.55. The molecule has 0 aliphatic carbocycles. The highest BCUT2D eigenvalue weighted by molar-refractivity contribution is 6.30. The van der Waals surface area contributed by atoms with Gasteiger partial charge in [-0.25, -0.2) is 5.01 Å². The summed E-state index contributed by atoms with van der Waals surface area (Å²) in [7, 11) is 1.47. The molecule has 2 aromatic carbocycles. The van der Waals surface area contributed by atoms with Crippen LogP contribution in [-0.2, 0) is 4.79 Å². The number of carbonyl (C=O) groups is 2. The van der Waals surface area contributed by atoms with Gasteiger partial charge in [-0.2, -0.15) is 5.10 Å². The number of hydrazone groups is 1. The van der Waals surface area contributed by atoms with Crippen molar-refractivity contribution in [1.29, 1.82) is 0 Å². The minimum absolute atomic E-state index is 0.117. The second-order valence-electron chi connectivity index (χ2n) is 7.04. The molecule has 0 bridgehead atoms. The SMILES string of the molecule is COc1ccc(OCC(=O)N2N=C(c3ccc(Cl)cc3)CC2c2ccco2)c(C(N)=O)c1. The number of rotatable bonds is 7. The van der Waals surface area contributed by atoms with E-state index in [9.17, 15) is 9.59 Å². The molecular weight excluding hydrogens is 434 g/mol. The van der Waals surface area contributed by atoms with Crippen LogP contribution in [0.4, 0.5) is 0 Å². The fourth-order valence-electron chi connectivity index (χ4n) is 3.42. The van der Waals surface area contributed by atoms with Crippen LogP contribution in [0.5, 0.6) is 11.5 Å². The van der Waals surface area contributed by atoms with E-state index in [1.54, 1.807) is 36.6 Å². The lowest BCUT2D eigenvalue weighted by Crippen LogP contribution is -2.31. The van der Waals surface area contributed by atoms with E-state index in [1.165, 1.54) is 24.3 Å². The summed E-state index contributed by atoms with van der Waals surface area (Å²) in [6.07, 6.45) is 2.02. The van der Waals surface area contributed by atoms with Crippen molar-refractivity contribution in [3.05, 3.63) is 82.8 Å². The first-order valence-electron chi connectivity index (χ1n) is 9.76. The third-order valence-electron chi connectivity index (χ3n) is 5.02. The monoisotopic (exact) mass is 453 g/mol. The molecule has 164 valence electrons. The molecule has 8 nitrogen and oxygen atoms in total. The average Bonchev–Trinajstić information content (AvgIpc) is 3.48. The summed E-state index contributed by atoms with van der Waals surface area (Å²) >= 11 is 5.98. The Morgan fingerprint density at radius 3 is 2.66 bits per heavy atom. The Morgan fingerprint density at radius 2 is 2.00 bits per heavy atom. The van der Waals surface area contributed by atoms with Crippen molar-refractivity contribution >= 4 is 29.1 Å². The molecule has 4 rings (SSSR count). The number of methoxy groups -OCH3 is 1. The van der Waals surface area contributed by atoms with E-state index in [0.29, 0.717) is 23.0 Å². The van der Waals surface area contributed by atoms with E-state index < -0.39 is 17.9 Å². The van der Waals surface area contributed by atoms with Gasteiger partial charge in [0, 0.05) is 11.4 Å². The van der Waals surface area contributed by atoms with Crippen LogP contribution in [0.15, 0.2) is 70.4 Å². The topological polar surface area (TPSA) is 107 Å². The van der Waals surface area contributed by atoms with Crippen LogP contribution in [0.1, 0.15) is 34.1 Å². The summed E-state index contributed by atoms with van der Waals surface area (Å²) in [5.41, 5.74) is 7.13. The lowest BCUT2D eigenvalue weighted by Gasteiger charge is -2.20. The van der Waals surface area contributed by atoms with Gasteiger partial charge in [0.2, 0.25) is 0 Å². The molecule has 0 spiro atoms. The summed E-state index contributed by atoms with van der Waals surface area (Å²) < 4.78 is 16.3. The summed E-state index contributed by atoms with van der Waals surface area (Å²) in [4.78, 5) is 24.8. The van der Waals surface area contributed by atoms with Crippen LogP contribution in [0.2, 0.25) is 5.02 Å². The van der Waals surface area contributed by atoms with E-state index in [4.69, 9.17) is 31.2 Å². The first kappa shape index (κ1) is 21.5. The Bertz CT molecular complexity index is 1160. The highest BCUT2D eigenvalue weighted by Gasteiger charge is 2.35. The number of ether oxygens (including phenoxy) is 2. The highest BCUT2D eigenvalue weighted by Crippen LogP contribution is 2.33. The van der Waals surface area contributed by atoms with Crippen molar-refractivity contribution in [1.82, 2.24) is 5.01 Å². The maximum atomic E-state index is 13.0. The lowest BCUT2D eigenvalue weighted by molar-refractivity contribution is -0.135. The molecule has 1 aliphatic heterocycles. The molecule has 32 heavy (non-hydrogen) atoms. The minimum atomic E-state index is -0.691. The van der Waals surface area contributed by atoms with Gasteiger partial charge < -0.3 is 19.6 Å². The Hall–Kier alpha value is -3.78. The summed E-state index contributed by atoms with van der Waals surface area (Å²) in [5.74, 6) is 0.147. The van der Waals surface area contributed by atoms with E-state index in [1.807, 2.05) is 12.1 Å². The Kier molecular flexibility index (Phi) is 6.13. The van der Waals surface area contributed by atoms with Gasteiger partial charge >= 0.3 is 0 Å². The fraction of sp³-hybridized carbons (Fsp3) is 0.174. The molecule has 2 amide bonds. The molecule has 0 radical (unpaired) electrons. The number of primary amides is 1. The average molecular weight is 454 g/mol. The van der Waals surface area contributed by atoms with Crippen LogP contribution in [0, 0.1) is 0 Å². The molecular formula is C23H20ClN3O5.